The van der Waals surface area contributed by atoms with Crippen molar-refractivity contribution in [1.82, 2.24) is 19.5 Å². The third-order valence-corrected chi connectivity index (χ3v) is 4.36. The fraction of sp³-hybridized carbons (Fsp3) is 0. The Labute approximate surface area is 146 Å². The molecular formula is C17H13BrN6. The predicted molar refractivity (Wildman–Crippen MR) is 98.5 cm³/mol. The lowest BCUT2D eigenvalue weighted by Crippen LogP contribution is -2.07. The Morgan fingerprint density at radius 2 is 1.75 bits per heavy atom. The molecule has 2 aromatic carbocycles. The lowest BCUT2D eigenvalue weighted by Gasteiger charge is -2.13. The normalized spacial score (nSPS) is 10.9. The van der Waals surface area contributed by atoms with Gasteiger partial charge in [0.1, 0.15) is 18.3 Å². The highest BCUT2D eigenvalue weighted by molar-refractivity contribution is 9.10. The summed E-state index contributed by atoms with van der Waals surface area (Å²) in [5.74, 6) is 1.14. The standard InChI is InChI=1S/C17H13BrN6/c18-11-5-1-2-6-12(11)23-16-15(19)17(21-9-20-16)24-10-22-13-7-3-4-8-14(13)24/h1-10H,19H2,(H,20,21,23). The third kappa shape index (κ3) is 2.48. The van der Waals surface area contributed by atoms with Gasteiger partial charge >= 0.3 is 0 Å². The average Bonchev–Trinajstić information content (AvgIpc) is 3.03. The van der Waals surface area contributed by atoms with Gasteiger partial charge in [-0.25, -0.2) is 15.0 Å². The second kappa shape index (κ2) is 5.93. The first-order valence-electron chi connectivity index (χ1n) is 7.28. The van der Waals surface area contributed by atoms with Crippen molar-refractivity contribution >= 4 is 44.2 Å². The van der Waals surface area contributed by atoms with Crippen molar-refractivity contribution in [3.63, 3.8) is 0 Å². The molecule has 0 fully saturated rings. The van der Waals surface area contributed by atoms with Crippen molar-refractivity contribution < 1.29 is 0 Å². The number of nitrogen functional groups attached to an aromatic ring is 1. The molecule has 2 aromatic heterocycles. The molecule has 0 saturated carbocycles. The second-order valence-corrected chi connectivity index (χ2v) is 6.02. The molecular weight excluding hydrogens is 368 g/mol. The SMILES string of the molecule is Nc1c(Nc2ccccc2Br)ncnc1-n1cnc2ccccc21. The van der Waals surface area contributed by atoms with Gasteiger partial charge in [0.15, 0.2) is 11.6 Å². The molecule has 0 aliphatic rings. The maximum atomic E-state index is 6.31. The van der Waals surface area contributed by atoms with E-state index >= 15 is 0 Å². The molecule has 0 unspecified atom stereocenters. The smallest absolute Gasteiger partial charge is 0.167 e. The van der Waals surface area contributed by atoms with Gasteiger partial charge in [0.25, 0.3) is 0 Å². The zero-order chi connectivity index (χ0) is 16.5. The van der Waals surface area contributed by atoms with Crippen LogP contribution in [0.1, 0.15) is 0 Å². The molecule has 3 N–H and O–H groups in total. The van der Waals surface area contributed by atoms with Crippen LogP contribution in [0.3, 0.4) is 0 Å². The van der Waals surface area contributed by atoms with Gasteiger partial charge in [0.2, 0.25) is 0 Å². The van der Waals surface area contributed by atoms with Crippen molar-refractivity contribution in [2.24, 2.45) is 0 Å². The van der Waals surface area contributed by atoms with E-state index in [2.05, 4.69) is 36.2 Å². The molecule has 0 bridgehead atoms. The molecule has 4 aromatic rings. The van der Waals surface area contributed by atoms with Gasteiger partial charge in [-0.05, 0) is 40.2 Å². The van der Waals surface area contributed by atoms with Crippen molar-refractivity contribution in [3.05, 3.63) is 65.7 Å². The molecule has 4 rings (SSSR count). The van der Waals surface area contributed by atoms with Gasteiger partial charge in [-0.3, -0.25) is 4.57 Å². The molecule has 118 valence electrons. The van der Waals surface area contributed by atoms with E-state index in [0.29, 0.717) is 17.3 Å². The summed E-state index contributed by atoms with van der Waals surface area (Å²) in [6, 6.07) is 15.6. The van der Waals surface area contributed by atoms with E-state index in [0.717, 1.165) is 21.2 Å². The monoisotopic (exact) mass is 380 g/mol. The minimum atomic E-state index is 0.455. The highest BCUT2D eigenvalue weighted by Crippen LogP contribution is 2.30. The van der Waals surface area contributed by atoms with Crippen LogP contribution in [0.15, 0.2) is 65.7 Å². The summed E-state index contributed by atoms with van der Waals surface area (Å²) in [5.41, 5.74) is 9.47. The van der Waals surface area contributed by atoms with Crippen molar-refractivity contribution in [1.29, 1.82) is 0 Å². The number of hydrogen-bond acceptors (Lipinski definition) is 5. The summed E-state index contributed by atoms with van der Waals surface area (Å²) in [6.07, 6.45) is 3.20. The number of nitrogens with one attached hydrogen (secondary N) is 1. The number of imidazole rings is 1. The molecule has 24 heavy (non-hydrogen) atoms. The van der Waals surface area contributed by atoms with E-state index in [1.165, 1.54) is 6.33 Å². The highest BCUT2D eigenvalue weighted by atomic mass is 79.9. The topological polar surface area (TPSA) is 81.6 Å². The van der Waals surface area contributed by atoms with Crippen LogP contribution in [-0.2, 0) is 0 Å². The fourth-order valence-electron chi connectivity index (χ4n) is 2.50. The van der Waals surface area contributed by atoms with Crippen LogP contribution in [0.5, 0.6) is 0 Å². The minimum absolute atomic E-state index is 0.455. The van der Waals surface area contributed by atoms with Gasteiger partial charge < -0.3 is 11.1 Å². The average molecular weight is 381 g/mol. The van der Waals surface area contributed by atoms with E-state index in [9.17, 15) is 0 Å². The van der Waals surface area contributed by atoms with E-state index in [-0.39, 0.29) is 0 Å². The number of benzene rings is 2. The molecule has 6 nitrogen and oxygen atoms in total. The Morgan fingerprint density at radius 3 is 2.62 bits per heavy atom. The van der Waals surface area contributed by atoms with Crippen LogP contribution in [0.2, 0.25) is 0 Å². The van der Waals surface area contributed by atoms with Gasteiger partial charge in [0, 0.05) is 4.47 Å². The van der Waals surface area contributed by atoms with Gasteiger partial charge in [-0.2, -0.15) is 0 Å². The van der Waals surface area contributed by atoms with Crippen LogP contribution in [0.25, 0.3) is 16.9 Å². The Morgan fingerprint density at radius 1 is 0.958 bits per heavy atom. The highest BCUT2D eigenvalue weighted by Gasteiger charge is 2.13. The molecule has 0 amide bonds. The molecule has 0 aliphatic heterocycles. The molecule has 0 saturated heterocycles. The number of aromatic nitrogens is 4. The van der Waals surface area contributed by atoms with Crippen LogP contribution in [0.4, 0.5) is 17.2 Å². The first-order chi connectivity index (χ1) is 11.7. The third-order valence-electron chi connectivity index (χ3n) is 3.67. The fourth-order valence-corrected chi connectivity index (χ4v) is 2.88. The van der Waals surface area contributed by atoms with E-state index in [1.807, 2.05) is 53.1 Å². The van der Waals surface area contributed by atoms with E-state index in [1.54, 1.807) is 6.33 Å². The van der Waals surface area contributed by atoms with Gasteiger partial charge in [-0.15, -0.1) is 0 Å². The number of anilines is 3. The summed E-state index contributed by atoms with van der Waals surface area (Å²) in [5, 5.41) is 3.23. The summed E-state index contributed by atoms with van der Waals surface area (Å²) >= 11 is 3.51. The first-order valence-corrected chi connectivity index (χ1v) is 8.08. The maximum absolute atomic E-state index is 6.31. The predicted octanol–water partition coefficient (Wildman–Crippen LogP) is 3.90. The Kier molecular flexibility index (Phi) is 3.62. The van der Waals surface area contributed by atoms with Crippen LogP contribution in [-0.4, -0.2) is 19.5 Å². The number of para-hydroxylation sites is 3. The van der Waals surface area contributed by atoms with Crippen LogP contribution >= 0.6 is 15.9 Å². The minimum Gasteiger partial charge on any atom is -0.393 e. The van der Waals surface area contributed by atoms with Crippen LogP contribution in [0, 0.1) is 0 Å². The number of rotatable bonds is 3. The van der Waals surface area contributed by atoms with E-state index < -0.39 is 0 Å². The number of fused-ring (bicyclic) bond motifs is 1. The van der Waals surface area contributed by atoms with Crippen LogP contribution < -0.4 is 11.1 Å². The number of nitrogens with zero attached hydrogens (tertiary/aromatic N) is 4. The summed E-state index contributed by atoms with van der Waals surface area (Å²) < 4.78 is 2.79. The van der Waals surface area contributed by atoms with E-state index in [4.69, 9.17) is 5.73 Å². The Bertz CT molecular complexity index is 1030. The Hall–Kier alpha value is -2.93. The van der Waals surface area contributed by atoms with Gasteiger partial charge in [-0.1, -0.05) is 24.3 Å². The lowest BCUT2D eigenvalue weighted by molar-refractivity contribution is 1.00. The number of nitrogens with two attached hydrogens (primary N) is 1. The second-order valence-electron chi connectivity index (χ2n) is 5.17. The molecule has 2 heterocycles. The Balaban J connectivity index is 1.80. The molecule has 0 spiro atoms. The summed E-state index contributed by atoms with van der Waals surface area (Å²) in [7, 11) is 0. The lowest BCUT2D eigenvalue weighted by atomic mass is 10.3. The van der Waals surface area contributed by atoms with Crippen molar-refractivity contribution in [2.45, 2.75) is 0 Å². The zero-order valence-corrected chi connectivity index (χ0v) is 14.1. The molecule has 0 radical (unpaired) electrons. The molecule has 0 aliphatic carbocycles. The number of halogens is 1. The van der Waals surface area contributed by atoms with Gasteiger partial charge in [0.05, 0.1) is 16.7 Å². The van der Waals surface area contributed by atoms with Crippen molar-refractivity contribution in [3.8, 4) is 5.82 Å². The molecule has 0 atom stereocenters. The summed E-state index contributed by atoms with van der Waals surface area (Å²) in [6.45, 7) is 0. The number of hydrogen-bond donors (Lipinski definition) is 2. The largest absolute Gasteiger partial charge is 0.393 e. The zero-order valence-electron chi connectivity index (χ0n) is 12.5. The van der Waals surface area contributed by atoms with Crippen molar-refractivity contribution in [2.75, 3.05) is 11.1 Å². The quantitative estimate of drug-likeness (QED) is 0.563. The maximum Gasteiger partial charge on any atom is 0.167 e. The first kappa shape index (κ1) is 14.6. The summed E-state index contributed by atoms with van der Waals surface area (Å²) in [4.78, 5) is 13.0. The molecule has 7 heteroatoms.